The summed E-state index contributed by atoms with van der Waals surface area (Å²) < 4.78 is 39.8. The summed E-state index contributed by atoms with van der Waals surface area (Å²) in [4.78, 5) is 11.0. The summed E-state index contributed by atoms with van der Waals surface area (Å²) >= 11 is 0. The van der Waals surface area contributed by atoms with Crippen molar-refractivity contribution in [3.8, 4) is 11.4 Å². The maximum Gasteiger partial charge on any atom is 0.195 e. The third-order valence-corrected chi connectivity index (χ3v) is 2.89. The van der Waals surface area contributed by atoms with E-state index in [0.29, 0.717) is 11.2 Å². The van der Waals surface area contributed by atoms with E-state index in [1.54, 1.807) is 12.3 Å². The average Bonchev–Trinajstić information content (AvgIpc) is 2.81. The zero-order valence-corrected chi connectivity index (χ0v) is 9.84. The third-order valence-electron chi connectivity index (χ3n) is 2.89. The molecular formula is C13H8F3N3. The van der Waals surface area contributed by atoms with Crippen LogP contribution in [-0.4, -0.2) is 15.0 Å². The van der Waals surface area contributed by atoms with E-state index in [9.17, 15) is 13.2 Å². The van der Waals surface area contributed by atoms with Gasteiger partial charge in [-0.25, -0.2) is 23.1 Å². The minimum atomic E-state index is -1.51. The van der Waals surface area contributed by atoms with Gasteiger partial charge in [-0.3, -0.25) is 0 Å². The number of fused-ring (bicyclic) bond motifs is 1. The zero-order valence-electron chi connectivity index (χ0n) is 9.84. The molecule has 0 radical (unpaired) electrons. The lowest BCUT2D eigenvalue weighted by Gasteiger charge is -2.00. The Kier molecular flexibility index (Phi) is 2.51. The number of nitrogens with zero attached hydrogens (tertiary/aromatic N) is 2. The second kappa shape index (κ2) is 4.08. The predicted octanol–water partition coefficient (Wildman–Crippen LogP) is 3.35. The van der Waals surface area contributed by atoms with E-state index < -0.39 is 17.5 Å². The zero-order chi connectivity index (χ0) is 13.6. The lowest BCUT2D eigenvalue weighted by molar-refractivity contribution is 0.448. The molecule has 0 saturated carbocycles. The second-order valence-corrected chi connectivity index (χ2v) is 4.13. The third kappa shape index (κ3) is 1.76. The fourth-order valence-corrected chi connectivity index (χ4v) is 1.87. The fourth-order valence-electron chi connectivity index (χ4n) is 1.87. The molecule has 0 saturated heterocycles. The first-order chi connectivity index (χ1) is 9.08. The highest BCUT2D eigenvalue weighted by Crippen LogP contribution is 2.26. The number of aryl methyl sites for hydroxylation is 1. The Bertz CT molecular complexity index is 780. The average molecular weight is 263 g/mol. The van der Waals surface area contributed by atoms with Crippen molar-refractivity contribution in [3.63, 3.8) is 0 Å². The fraction of sp³-hybridized carbons (Fsp3) is 0.0769. The standard InChI is InChI=1S/C13H8F3N3/c1-6-4-5-17-13-11(6)18-12(19-13)7-2-3-8(14)10(16)9(7)15/h2-5H,1H3,(H,17,18,19). The molecule has 0 atom stereocenters. The van der Waals surface area contributed by atoms with Gasteiger partial charge in [0, 0.05) is 6.20 Å². The molecule has 19 heavy (non-hydrogen) atoms. The highest BCUT2D eigenvalue weighted by atomic mass is 19.2. The SMILES string of the molecule is Cc1ccnc2nc(-c3ccc(F)c(F)c3F)[nH]c12. The van der Waals surface area contributed by atoms with E-state index >= 15 is 0 Å². The highest BCUT2D eigenvalue weighted by Gasteiger charge is 2.17. The molecule has 2 heterocycles. The van der Waals surface area contributed by atoms with Crippen molar-refractivity contribution in [2.75, 3.05) is 0 Å². The van der Waals surface area contributed by atoms with Crippen LogP contribution in [0.1, 0.15) is 5.56 Å². The molecule has 3 nitrogen and oxygen atoms in total. The Morgan fingerprint density at radius 2 is 1.84 bits per heavy atom. The van der Waals surface area contributed by atoms with Crippen LogP contribution in [0.5, 0.6) is 0 Å². The van der Waals surface area contributed by atoms with E-state index in [0.717, 1.165) is 17.7 Å². The van der Waals surface area contributed by atoms with Gasteiger partial charge in [0.05, 0.1) is 11.1 Å². The van der Waals surface area contributed by atoms with Crippen molar-refractivity contribution < 1.29 is 13.2 Å². The maximum absolute atomic E-state index is 13.7. The molecule has 0 spiro atoms. The van der Waals surface area contributed by atoms with Crippen molar-refractivity contribution in [3.05, 3.63) is 47.4 Å². The Balaban J connectivity index is 2.25. The molecule has 0 aliphatic carbocycles. The molecule has 96 valence electrons. The lowest BCUT2D eigenvalue weighted by Crippen LogP contribution is -1.94. The van der Waals surface area contributed by atoms with Crippen molar-refractivity contribution in [1.29, 1.82) is 0 Å². The van der Waals surface area contributed by atoms with Crippen LogP contribution in [0.4, 0.5) is 13.2 Å². The van der Waals surface area contributed by atoms with Gasteiger partial charge in [0.15, 0.2) is 23.1 Å². The molecule has 2 aromatic heterocycles. The number of hydrogen-bond acceptors (Lipinski definition) is 2. The predicted molar refractivity (Wildman–Crippen MR) is 63.9 cm³/mol. The van der Waals surface area contributed by atoms with Gasteiger partial charge in [-0.2, -0.15) is 0 Å². The maximum atomic E-state index is 13.7. The number of halogens is 3. The van der Waals surface area contributed by atoms with E-state index in [1.165, 1.54) is 0 Å². The minimum Gasteiger partial charge on any atom is -0.336 e. The molecule has 0 aliphatic heterocycles. The van der Waals surface area contributed by atoms with Crippen LogP contribution in [0.15, 0.2) is 24.4 Å². The van der Waals surface area contributed by atoms with Crippen LogP contribution in [0.3, 0.4) is 0 Å². The molecule has 0 aliphatic rings. The van der Waals surface area contributed by atoms with Gasteiger partial charge in [0.25, 0.3) is 0 Å². The molecule has 0 amide bonds. The summed E-state index contributed by atoms with van der Waals surface area (Å²) in [6.45, 7) is 1.84. The first kappa shape index (κ1) is 11.7. The van der Waals surface area contributed by atoms with Crippen LogP contribution < -0.4 is 0 Å². The first-order valence-electron chi connectivity index (χ1n) is 5.53. The summed E-state index contributed by atoms with van der Waals surface area (Å²) in [6, 6.07) is 3.77. The quantitative estimate of drug-likeness (QED) is 0.684. The van der Waals surface area contributed by atoms with Gasteiger partial charge >= 0.3 is 0 Å². The molecule has 0 bridgehead atoms. The molecule has 0 fully saturated rings. The summed E-state index contributed by atoms with van der Waals surface area (Å²) in [5.74, 6) is -3.89. The van der Waals surface area contributed by atoms with Gasteiger partial charge in [0.2, 0.25) is 0 Å². The van der Waals surface area contributed by atoms with Crippen molar-refractivity contribution in [1.82, 2.24) is 15.0 Å². The topological polar surface area (TPSA) is 41.6 Å². The monoisotopic (exact) mass is 263 g/mol. The summed E-state index contributed by atoms with van der Waals surface area (Å²) in [6.07, 6.45) is 1.57. The highest BCUT2D eigenvalue weighted by molar-refractivity contribution is 5.78. The van der Waals surface area contributed by atoms with Crippen molar-refractivity contribution >= 4 is 11.2 Å². The number of imidazole rings is 1. The van der Waals surface area contributed by atoms with Crippen LogP contribution in [0.2, 0.25) is 0 Å². The largest absolute Gasteiger partial charge is 0.336 e. The molecule has 1 N–H and O–H groups in total. The van der Waals surface area contributed by atoms with Crippen molar-refractivity contribution in [2.45, 2.75) is 6.92 Å². The summed E-state index contributed by atoms with van der Waals surface area (Å²) in [5.41, 5.74) is 1.80. The Morgan fingerprint density at radius 1 is 1.05 bits per heavy atom. The second-order valence-electron chi connectivity index (χ2n) is 4.13. The molecule has 6 heteroatoms. The number of rotatable bonds is 1. The minimum absolute atomic E-state index is 0.119. The van der Waals surface area contributed by atoms with Gasteiger partial charge in [-0.05, 0) is 30.7 Å². The number of aromatic amines is 1. The Morgan fingerprint density at radius 3 is 2.58 bits per heavy atom. The molecule has 1 aromatic carbocycles. The van der Waals surface area contributed by atoms with Gasteiger partial charge in [-0.1, -0.05) is 0 Å². The number of aromatic nitrogens is 3. The van der Waals surface area contributed by atoms with Gasteiger partial charge < -0.3 is 4.98 Å². The summed E-state index contributed by atoms with van der Waals surface area (Å²) in [5, 5.41) is 0. The molecule has 3 rings (SSSR count). The first-order valence-corrected chi connectivity index (χ1v) is 5.53. The van der Waals surface area contributed by atoms with Crippen LogP contribution in [0, 0.1) is 24.4 Å². The molecule has 0 unspecified atom stereocenters. The van der Waals surface area contributed by atoms with Crippen LogP contribution in [0.25, 0.3) is 22.6 Å². The number of nitrogens with one attached hydrogen (secondary N) is 1. The van der Waals surface area contributed by atoms with Crippen molar-refractivity contribution in [2.24, 2.45) is 0 Å². The number of benzene rings is 1. The van der Waals surface area contributed by atoms with E-state index in [1.807, 2.05) is 6.92 Å². The summed E-state index contributed by atoms with van der Waals surface area (Å²) in [7, 11) is 0. The molecule has 3 aromatic rings. The van der Waals surface area contributed by atoms with E-state index in [2.05, 4.69) is 15.0 Å². The molecular weight excluding hydrogens is 255 g/mol. The number of pyridine rings is 1. The number of H-pyrrole nitrogens is 1. The normalized spacial score (nSPS) is 11.2. The van der Waals surface area contributed by atoms with E-state index in [-0.39, 0.29) is 11.4 Å². The smallest absolute Gasteiger partial charge is 0.195 e. The Labute approximate surface area is 106 Å². The lowest BCUT2D eigenvalue weighted by atomic mass is 10.2. The number of hydrogen-bond donors (Lipinski definition) is 1. The van der Waals surface area contributed by atoms with E-state index in [4.69, 9.17) is 0 Å². The van der Waals surface area contributed by atoms with Crippen LogP contribution in [-0.2, 0) is 0 Å². The van der Waals surface area contributed by atoms with Gasteiger partial charge in [0.1, 0.15) is 5.82 Å². The van der Waals surface area contributed by atoms with Crippen LogP contribution >= 0.6 is 0 Å². The van der Waals surface area contributed by atoms with Gasteiger partial charge in [-0.15, -0.1) is 0 Å². The Hall–Kier alpha value is -2.37.